The van der Waals surface area contributed by atoms with Crippen molar-refractivity contribution in [1.82, 2.24) is 4.90 Å². The van der Waals surface area contributed by atoms with Gasteiger partial charge in [0.2, 0.25) is 5.78 Å². The second kappa shape index (κ2) is 8.70. The SMILES string of the molecule is CCN(CC)C(=S)S/C(=C/C(=O)c1ccco1)c1ccccc1. The maximum Gasteiger partial charge on any atom is 0.222 e. The van der Waals surface area contributed by atoms with Crippen molar-refractivity contribution in [2.24, 2.45) is 0 Å². The Morgan fingerprint density at radius 1 is 1.17 bits per heavy atom. The van der Waals surface area contributed by atoms with Gasteiger partial charge in [-0.15, -0.1) is 0 Å². The van der Waals surface area contributed by atoms with Crippen LogP contribution in [0.25, 0.3) is 4.91 Å². The van der Waals surface area contributed by atoms with Gasteiger partial charge in [0.05, 0.1) is 6.26 Å². The number of rotatable bonds is 6. The number of nitrogens with zero attached hydrogens (tertiary/aromatic N) is 1. The third-order valence-electron chi connectivity index (χ3n) is 3.30. The Morgan fingerprint density at radius 3 is 2.43 bits per heavy atom. The van der Waals surface area contributed by atoms with Crippen LogP contribution >= 0.6 is 24.0 Å². The summed E-state index contributed by atoms with van der Waals surface area (Å²) in [6.45, 7) is 5.82. The van der Waals surface area contributed by atoms with Gasteiger partial charge in [0, 0.05) is 24.1 Å². The minimum atomic E-state index is -0.163. The molecular weight excluding hydrogens is 326 g/mol. The highest BCUT2D eigenvalue weighted by atomic mass is 32.2. The summed E-state index contributed by atoms with van der Waals surface area (Å²) in [6.07, 6.45) is 3.09. The Kier molecular flexibility index (Phi) is 6.62. The maximum atomic E-state index is 12.3. The smallest absolute Gasteiger partial charge is 0.222 e. The van der Waals surface area contributed by atoms with Gasteiger partial charge in [-0.1, -0.05) is 54.3 Å². The zero-order valence-electron chi connectivity index (χ0n) is 13.2. The highest BCUT2D eigenvalue weighted by molar-refractivity contribution is 8.29. The second-order valence-corrected chi connectivity index (χ2v) is 6.43. The van der Waals surface area contributed by atoms with Crippen LogP contribution in [-0.4, -0.2) is 28.1 Å². The molecule has 23 heavy (non-hydrogen) atoms. The molecule has 0 aliphatic heterocycles. The van der Waals surface area contributed by atoms with E-state index < -0.39 is 0 Å². The van der Waals surface area contributed by atoms with E-state index >= 15 is 0 Å². The average Bonchev–Trinajstić information content (AvgIpc) is 3.11. The summed E-state index contributed by atoms with van der Waals surface area (Å²) < 4.78 is 5.94. The highest BCUT2D eigenvalue weighted by Crippen LogP contribution is 2.30. The van der Waals surface area contributed by atoms with Crippen molar-refractivity contribution in [2.45, 2.75) is 13.8 Å². The predicted octanol–water partition coefficient (Wildman–Crippen LogP) is 4.86. The van der Waals surface area contributed by atoms with Crippen LogP contribution in [0, 0.1) is 0 Å². The number of carbonyl (C=O) groups excluding carboxylic acids is 1. The first kappa shape index (κ1) is 17.5. The van der Waals surface area contributed by atoms with Gasteiger partial charge in [0.15, 0.2) is 5.76 Å². The molecular formula is C18H19NO2S2. The number of furan rings is 1. The summed E-state index contributed by atoms with van der Waals surface area (Å²) in [4.78, 5) is 15.3. The van der Waals surface area contributed by atoms with Crippen molar-refractivity contribution in [3.63, 3.8) is 0 Å². The lowest BCUT2D eigenvalue weighted by molar-refractivity contribution is 0.102. The first-order chi connectivity index (χ1) is 11.2. The summed E-state index contributed by atoms with van der Waals surface area (Å²) in [5, 5.41) is 0. The van der Waals surface area contributed by atoms with Crippen LogP contribution in [0.5, 0.6) is 0 Å². The fourth-order valence-electron chi connectivity index (χ4n) is 2.02. The number of allylic oxidation sites excluding steroid dienone is 1. The Balaban J connectivity index is 2.29. The van der Waals surface area contributed by atoms with E-state index in [0.717, 1.165) is 27.9 Å². The lowest BCUT2D eigenvalue weighted by Crippen LogP contribution is -2.26. The normalized spacial score (nSPS) is 11.3. The molecule has 5 heteroatoms. The summed E-state index contributed by atoms with van der Waals surface area (Å²) in [5.41, 5.74) is 0.965. The molecule has 120 valence electrons. The average molecular weight is 345 g/mol. The van der Waals surface area contributed by atoms with E-state index in [9.17, 15) is 4.79 Å². The van der Waals surface area contributed by atoms with E-state index in [0.29, 0.717) is 5.76 Å². The summed E-state index contributed by atoms with van der Waals surface area (Å²) in [5.74, 6) is 0.163. The van der Waals surface area contributed by atoms with E-state index in [1.54, 1.807) is 18.2 Å². The molecule has 1 aromatic carbocycles. The molecule has 1 heterocycles. The van der Waals surface area contributed by atoms with Crippen LogP contribution < -0.4 is 0 Å². The van der Waals surface area contributed by atoms with Gasteiger partial charge in [-0.05, 0) is 31.5 Å². The van der Waals surface area contributed by atoms with Crippen molar-refractivity contribution in [3.05, 3.63) is 66.1 Å². The van der Waals surface area contributed by atoms with Crippen LogP contribution in [0.15, 0.2) is 59.2 Å². The van der Waals surface area contributed by atoms with Crippen molar-refractivity contribution in [1.29, 1.82) is 0 Å². The minimum Gasteiger partial charge on any atom is -0.461 e. The van der Waals surface area contributed by atoms with E-state index in [1.165, 1.54) is 18.0 Å². The standard InChI is InChI=1S/C18H19NO2S2/c1-3-19(4-2)18(22)23-17(14-9-6-5-7-10-14)13-15(20)16-11-8-12-21-16/h5-13H,3-4H2,1-2H3/b17-13+. The fraction of sp³-hybridized carbons (Fsp3) is 0.222. The highest BCUT2D eigenvalue weighted by Gasteiger charge is 2.14. The van der Waals surface area contributed by atoms with Crippen molar-refractivity contribution < 1.29 is 9.21 Å². The molecule has 0 bridgehead atoms. The fourth-order valence-corrected chi connectivity index (χ4v) is 3.55. The lowest BCUT2D eigenvalue weighted by atomic mass is 10.2. The molecule has 0 atom stereocenters. The Hall–Kier alpha value is -1.85. The third kappa shape index (κ3) is 4.81. The molecule has 0 N–H and O–H groups in total. The van der Waals surface area contributed by atoms with Crippen molar-refractivity contribution >= 4 is 39.0 Å². The predicted molar refractivity (Wildman–Crippen MR) is 101 cm³/mol. The van der Waals surface area contributed by atoms with E-state index in [-0.39, 0.29) is 5.78 Å². The molecule has 0 saturated carbocycles. The van der Waals surface area contributed by atoms with Gasteiger partial charge in [0.25, 0.3) is 0 Å². The monoisotopic (exact) mass is 345 g/mol. The first-order valence-electron chi connectivity index (χ1n) is 7.47. The molecule has 2 rings (SSSR count). The van der Waals surface area contributed by atoms with Gasteiger partial charge in [0.1, 0.15) is 4.32 Å². The van der Waals surface area contributed by atoms with Crippen molar-refractivity contribution in [2.75, 3.05) is 13.1 Å². The lowest BCUT2D eigenvalue weighted by Gasteiger charge is -2.21. The van der Waals surface area contributed by atoms with Gasteiger partial charge in [-0.25, -0.2) is 0 Å². The Bertz CT molecular complexity index is 674. The molecule has 0 fully saturated rings. The van der Waals surface area contributed by atoms with Crippen LogP contribution in [0.1, 0.15) is 30.0 Å². The van der Waals surface area contributed by atoms with Crippen LogP contribution in [-0.2, 0) is 0 Å². The molecule has 0 unspecified atom stereocenters. The largest absolute Gasteiger partial charge is 0.461 e. The summed E-state index contributed by atoms with van der Waals surface area (Å²) in [6, 6.07) is 13.1. The van der Waals surface area contributed by atoms with Gasteiger partial charge >= 0.3 is 0 Å². The molecule has 2 aromatic rings. The quantitative estimate of drug-likeness (QED) is 0.424. The van der Waals surface area contributed by atoms with E-state index in [1.807, 2.05) is 30.3 Å². The zero-order valence-corrected chi connectivity index (χ0v) is 14.8. The minimum absolute atomic E-state index is 0.163. The molecule has 0 radical (unpaired) electrons. The molecule has 0 amide bonds. The number of hydrogen-bond donors (Lipinski definition) is 0. The summed E-state index contributed by atoms with van der Waals surface area (Å²) in [7, 11) is 0. The number of carbonyl (C=O) groups is 1. The van der Waals surface area contributed by atoms with Gasteiger partial charge < -0.3 is 9.32 Å². The third-order valence-corrected chi connectivity index (χ3v) is 4.82. The summed E-state index contributed by atoms with van der Waals surface area (Å²) >= 11 is 6.95. The Morgan fingerprint density at radius 2 is 1.87 bits per heavy atom. The van der Waals surface area contributed by atoms with Crippen LogP contribution in [0.4, 0.5) is 0 Å². The Labute approximate surface area is 146 Å². The number of ketones is 1. The zero-order chi connectivity index (χ0) is 16.7. The number of benzene rings is 1. The van der Waals surface area contributed by atoms with Gasteiger partial charge in [-0.2, -0.15) is 0 Å². The van der Waals surface area contributed by atoms with Crippen molar-refractivity contribution in [3.8, 4) is 0 Å². The molecule has 0 aliphatic rings. The molecule has 0 saturated heterocycles. The maximum absolute atomic E-state index is 12.3. The first-order valence-corrected chi connectivity index (χ1v) is 8.69. The van der Waals surface area contributed by atoms with Crippen LogP contribution in [0.3, 0.4) is 0 Å². The second-order valence-electron chi connectivity index (χ2n) is 4.76. The van der Waals surface area contributed by atoms with E-state index in [4.69, 9.17) is 16.6 Å². The molecule has 0 spiro atoms. The molecule has 0 aliphatic carbocycles. The van der Waals surface area contributed by atoms with Crippen LogP contribution in [0.2, 0.25) is 0 Å². The number of hydrogen-bond acceptors (Lipinski definition) is 4. The number of thiocarbonyl (C=S) groups is 1. The number of thioether (sulfide) groups is 1. The molecule has 3 nitrogen and oxygen atoms in total. The van der Waals surface area contributed by atoms with E-state index in [2.05, 4.69) is 18.7 Å². The molecule has 1 aromatic heterocycles. The topological polar surface area (TPSA) is 33.5 Å². The van der Waals surface area contributed by atoms with Gasteiger partial charge in [-0.3, -0.25) is 4.79 Å².